The van der Waals surface area contributed by atoms with Crippen LogP contribution in [-0.2, 0) is 4.79 Å². The van der Waals surface area contributed by atoms with Gasteiger partial charge in [-0.05, 0) is 27.2 Å². The van der Waals surface area contributed by atoms with Crippen LogP contribution in [0.1, 0.15) is 40.2 Å². The van der Waals surface area contributed by atoms with Gasteiger partial charge in [-0.25, -0.2) is 4.68 Å². The van der Waals surface area contributed by atoms with Gasteiger partial charge in [-0.1, -0.05) is 6.92 Å². The molecule has 2 unspecified atom stereocenters. The lowest BCUT2D eigenvalue weighted by atomic mass is 10.1. The van der Waals surface area contributed by atoms with Gasteiger partial charge >= 0.3 is 0 Å². The summed E-state index contributed by atoms with van der Waals surface area (Å²) in [5, 5.41) is 16.7. The SMILES string of the molecule is CCC(CO)N1CCN(C(C)C(=O)Nc2ccnn2C(C)C)CC1. The van der Waals surface area contributed by atoms with Gasteiger partial charge in [-0.3, -0.25) is 14.6 Å². The number of piperazine rings is 1. The molecule has 1 aliphatic heterocycles. The molecule has 0 spiro atoms. The molecule has 24 heavy (non-hydrogen) atoms. The lowest BCUT2D eigenvalue weighted by Crippen LogP contribution is -2.55. The molecule has 1 aliphatic rings. The van der Waals surface area contributed by atoms with Crippen LogP contribution in [0.4, 0.5) is 5.82 Å². The third-order valence-corrected chi connectivity index (χ3v) is 4.89. The number of aliphatic hydroxyl groups excluding tert-OH is 1. The highest BCUT2D eigenvalue weighted by atomic mass is 16.3. The zero-order valence-corrected chi connectivity index (χ0v) is 15.3. The Balaban J connectivity index is 1.89. The summed E-state index contributed by atoms with van der Waals surface area (Å²) in [6.07, 6.45) is 2.66. The van der Waals surface area contributed by atoms with Gasteiger partial charge in [0.25, 0.3) is 0 Å². The molecule has 1 amide bonds. The number of aromatic nitrogens is 2. The molecule has 1 fully saturated rings. The monoisotopic (exact) mass is 337 g/mol. The maximum absolute atomic E-state index is 12.6. The first-order chi connectivity index (χ1) is 11.5. The molecular weight excluding hydrogens is 306 g/mol. The topological polar surface area (TPSA) is 73.6 Å². The van der Waals surface area contributed by atoms with Crippen molar-refractivity contribution in [2.45, 2.75) is 52.2 Å². The van der Waals surface area contributed by atoms with Gasteiger partial charge in [-0.2, -0.15) is 5.10 Å². The van der Waals surface area contributed by atoms with E-state index in [9.17, 15) is 9.90 Å². The van der Waals surface area contributed by atoms with Gasteiger partial charge in [0.2, 0.25) is 5.91 Å². The number of amides is 1. The van der Waals surface area contributed by atoms with E-state index in [0.29, 0.717) is 0 Å². The second-order valence-corrected chi connectivity index (χ2v) is 6.74. The third kappa shape index (κ3) is 4.34. The number of aliphatic hydroxyl groups is 1. The number of nitrogens with one attached hydrogen (secondary N) is 1. The maximum Gasteiger partial charge on any atom is 0.242 e. The summed E-state index contributed by atoms with van der Waals surface area (Å²) in [7, 11) is 0. The molecule has 2 N–H and O–H groups in total. The molecule has 1 saturated heterocycles. The molecule has 136 valence electrons. The van der Waals surface area contributed by atoms with Crippen molar-refractivity contribution < 1.29 is 9.90 Å². The molecular formula is C17H31N5O2. The van der Waals surface area contributed by atoms with Crippen molar-refractivity contribution in [1.82, 2.24) is 19.6 Å². The molecule has 0 saturated carbocycles. The Labute approximate surface area is 144 Å². The average molecular weight is 337 g/mol. The fraction of sp³-hybridized carbons (Fsp3) is 0.765. The molecule has 0 aromatic carbocycles. The minimum atomic E-state index is -0.183. The van der Waals surface area contributed by atoms with Crippen LogP contribution in [-0.4, -0.2) is 75.5 Å². The Morgan fingerprint density at radius 1 is 1.25 bits per heavy atom. The van der Waals surface area contributed by atoms with Crippen LogP contribution in [0.5, 0.6) is 0 Å². The first-order valence-corrected chi connectivity index (χ1v) is 8.91. The predicted octanol–water partition coefficient (Wildman–Crippen LogP) is 1.18. The summed E-state index contributed by atoms with van der Waals surface area (Å²) in [4.78, 5) is 17.1. The van der Waals surface area contributed by atoms with Gasteiger partial charge in [-0.15, -0.1) is 0 Å². The zero-order chi connectivity index (χ0) is 17.7. The van der Waals surface area contributed by atoms with Crippen molar-refractivity contribution in [2.24, 2.45) is 0 Å². The minimum absolute atomic E-state index is 0.0000460. The molecule has 1 aromatic rings. The lowest BCUT2D eigenvalue weighted by molar-refractivity contribution is -0.121. The van der Waals surface area contributed by atoms with Gasteiger partial charge in [0.15, 0.2) is 0 Å². The number of hydrogen-bond acceptors (Lipinski definition) is 5. The smallest absolute Gasteiger partial charge is 0.242 e. The van der Waals surface area contributed by atoms with Crippen molar-refractivity contribution in [2.75, 3.05) is 38.1 Å². The largest absolute Gasteiger partial charge is 0.395 e. The first-order valence-electron chi connectivity index (χ1n) is 8.91. The quantitative estimate of drug-likeness (QED) is 0.782. The summed E-state index contributed by atoms with van der Waals surface area (Å²) in [6, 6.07) is 2.09. The Hall–Kier alpha value is -1.44. The van der Waals surface area contributed by atoms with E-state index < -0.39 is 0 Å². The normalized spacial score (nSPS) is 19.4. The van der Waals surface area contributed by atoms with Crippen molar-refractivity contribution in [1.29, 1.82) is 0 Å². The molecule has 1 aromatic heterocycles. The first kappa shape index (κ1) is 18.9. The van der Waals surface area contributed by atoms with Crippen molar-refractivity contribution in [3.8, 4) is 0 Å². The second-order valence-electron chi connectivity index (χ2n) is 6.74. The highest BCUT2D eigenvalue weighted by molar-refractivity contribution is 5.93. The highest BCUT2D eigenvalue weighted by Gasteiger charge is 2.28. The Morgan fingerprint density at radius 3 is 2.42 bits per heavy atom. The van der Waals surface area contributed by atoms with E-state index in [1.807, 2.05) is 31.5 Å². The molecule has 2 atom stereocenters. The van der Waals surface area contributed by atoms with E-state index >= 15 is 0 Å². The summed E-state index contributed by atoms with van der Waals surface area (Å²) < 4.78 is 1.82. The van der Waals surface area contributed by atoms with Crippen molar-refractivity contribution in [3.63, 3.8) is 0 Å². The standard InChI is InChI=1S/C17H31N5O2/c1-5-15(12-23)21-10-8-20(9-11-21)14(4)17(24)19-16-6-7-18-22(16)13(2)3/h6-7,13-15,23H,5,8-12H2,1-4H3,(H,19,24). The van der Waals surface area contributed by atoms with E-state index in [1.165, 1.54) is 0 Å². The van der Waals surface area contributed by atoms with Crippen LogP contribution in [0.25, 0.3) is 0 Å². The number of nitrogens with zero attached hydrogens (tertiary/aromatic N) is 4. The van der Waals surface area contributed by atoms with Gasteiger partial charge in [0.1, 0.15) is 5.82 Å². The number of carbonyl (C=O) groups excluding carboxylic acids is 1. The Kier molecular flexibility index (Phi) is 6.77. The van der Waals surface area contributed by atoms with E-state index in [-0.39, 0.29) is 30.6 Å². The van der Waals surface area contributed by atoms with E-state index in [4.69, 9.17) is 0 Å². The second kappa shape index (κ2) is 8.60. The van der Waals surface area contributed by atoms with Crippen LogP contribution >= 0.6 is 0 Å². The molecule has 2 heterocycles. The van der Waals surface area contributed by atoms with E-state index in [0.717, 1.165) is 38.4 Å². The van der Waals surface area contributed by atoms with Crippen LogP contribution in [0.15, 0.2) is 12.3 Å². The number of carbonyl (C=O) groups is 1. The summed E-state index contributed by atoms with van der Waals surface area (Å²) >= 11 is 0. The highest BCUT2D eigenvalue weighted by Crippen LogP contribution is 2.15. The van der Waals surface area contributed by atoms with Crippen LogP contribution in [0, 0.1) is 0 Å². The number of anilines is 1. The van der Waals surface area contributed by atoms with Gasteiger partial charge < -0.3 is 10.4 Å². The molecule has 0 bridgehead atoms. The Morgan fingerprint density at radius 2 is 1.88 bits per heavy atom. The molecule has 7 nitrogen and oxygen atoms in total. The summed E-state index contributed by atoms with van der Waals surface area (Å²) in [5.41, 5.74) is 0. The van der Waals surface area contributed by atoms with Crippen LogP contribution < -0.4 is 5.32 Å². The number of hydrogen-bond donors (Lipinski definition) is 2. The van der Waals surface area contributed by atoms with E-state index in [2.05, 4.69) is 27.1 Å². The molecule has 0 radical (unpaired) electrons. The maximum atomic E-state index is 12.6. The van der Waals surface area contributed by atoms with Gasteiger partial charge in [0, 0.05) is 44.3 Å². The number of rotatable bonds is 7. The third-order valence-electron chi connectivity index (χ3n) is 4.89. The lowest BCUT2D eigenvalue weighted by Gasteiger charge is -2.40. The summed E-state index contributed by atoms with van der Waals surface area (Å²) in [5.74, 6) is 0.742. The zero-order valence-electron chi connectivity index (χ0n) is 15.3. The molecule has 7 heteroatoms. The predicted molar refractivity (Wildman–Crippen MR) is 95.0 cm³/mol. The fourth-order valence-corrected chi connectivity index (χ4v) is 3.21. The fourth-order valence-electron chi connectivity index (χ4n) is 3.21. The van der Waals surface area contributed by atoms with E-state index in [1.54, 1.807) is 6.20 Å². The van der Waals surface area contributed by atoms with Crippen molar-refractivity contribution in [3.05, 3.63) is 12.3 Å². The van der Waals surface area contributed by atoms with Crippen LogP contribution in [0.3, 0.4) is 0 Å². The van der Waals surface area contributed by atoms with Crippen molar-refractivity contribution >= 4 is 11.7 Å². The molecule has 0 aliphatic carbocycles. The summed E-state index contributed by atoms with van der Waals surface area (Å²) in [6.45, 7) is 11.8. The van der Waals surface area contributed by atoms with Crippen LogP contribution in [0.2, 0.25) is 0 Å². The Bertz CT molecular complexity index is 519. The minimum Gasteiger partial charge on any atom is -0.395 e. The van der Waals surface area contributed by atoms with Gasteiger partial charge in [0.05, 0.1) is 18.8 Å². The molecule has 2 rings (SSSR count). The average Bonchev–Trinajstić information content (AvgIpc) is 3.04.